The Morgan fingerprint density at radius 2 is 2.04 bits per heavy atom. The minimum Gasteiger partial charge on any atom is -0.451 e. The summed E-state index contributed by atoms with van der Waals surface area (Å²) < 4.78 is 5.98. The number of rotatable bonds is 5. The van der Waals surface area contributed by atoms with E-state index in [0.717, 1.165) is 11.5 Å². The lowest BCUT2D eigenvalue weighted by molar-refractivity contribution is -0.145. The Kier molecular flexibility index (Phi) is 5.37. The van der Waals surface area contributed by atoms with Gasteiger partial charge in [0.1, 0.15) is 6.04 Å². The molecule has 0 aliphatic carbocycles. The Labute approximate surface area is 141 Å². The third kappa shape index (κ3) is 3.89. The smallest absolute Gasteiger partial charge is 0.330 e. The van der Waals surface area contributed by atoms with Gasteiger partial charge in [-0.05, 0) is 31.2 Å². The van der Waals surface area contributed by atoms with Crippen molar-refractivity contribution >= 4 is 34.9 Å². The standard InChI is InChI=1S/C16H12ClNO4S/c1-3-8-22-16(21)10(2)18-14(19)9-13(23-18)15(20)11-4-6-12(17)7-5-11/h1,4-7,9-10H,8H2,2H3. The molecule has 0 amide bonds. The van der Waals surface area contributed by atoms with E-state index in [1.807, 2.05) is 0 Å². The molecular formula is C16H12ClNO4S. The molecule has 5 nitrogen and oxygen atoms in total. The monoisotopic (exact) mass is 349 g/mol. The first-order chi connectivity index (χ1) is 10.9. The number of carbonyl (C=O) groups excluding carboxylic acids is 2. The van der Waals surface area contributed by atoms with Gasteiger partial charge in [-0.1, -0.05) is 29.1 Å². The summed E-state index contributed by atoms with van der Waals surface area (Å²) in [6.45, 7) is 1.34. The molecular weight excluding hydrogens is 338 g/mol. The quantitative estimate of drug-likeness (QED) is 0.472. The molecule has 0 fully saturated rings. The highest BCUT2D eigenvalue weighted by Crippen LogP contribution is 2.18. The maximum Gasteiger partial charge on any atom is 0.330 e. The van der Waals surface area contributed by atoms with Gasteiger partial charge in [-0.3, -0.25) is 9.59 Å². The van der Waals surface area contributed by atoms with Crippen LogP contribution in [0.1, 0.15) is 28.2 Å². The summed E-state index contributed by atoms with van der Waals surface area (Å²) in [5.41, 5.74) is -0.0390. The number of hydrogen-bond donors (Lipinski definition) is 0. The minimum absolute atomic E-state index is 0.167. The predicted molar refractivity (Wildman–Crippen MR) is 88.0 cm³/mol. The number of carbonyl (C=O) groups is 2. The lowest BCUT2D eigenvalue weighted by atomic mass is 10.1. The molecule has 2 aromatic rings. The second kappa shape index (κ2) is 7.27. The normalized spacial score (nSPS) is 11.5. The summed E-state index contributed by atoms with van der Waals surface area (Å²) >= 11 is 6.69. The van der Waals surface area contributed by atoms with E-state index in [1.54, 1.807) is 24.3 Å². The second-order valence-electron chi connectivity index (χ2n) is 4.59. The van der Waals surface area contributed by atoms with E-state index >= 15 is 0 Å². The number of ether oxygens (including phenoxy) is 1. The van der Waals surface area contributed by atoms with Gasteiger partial charge >= 0.3 is 5.97 Å². The Morgan fingerprint density at radius 3 is 2.65 bits per heavy atom. The van der Waals surface area contributed by atoms with Crippen molar-refractivity contribution in [2.45, 2.75) is 13.0 Å². The van der Waals surface area contributed by atoms with Crippen LogP contribution in [0.25, 0.3) is 0 Å². The summed E-state index contributed by atoms with van der Waals surface area (Å²) in [7, 11) is 0. The molecule has 0 spiro atoms. The lowest BCUT2D eigenvalue weighted by Gasteiger charge is -2.09. The maximum atomic E-state index is 12.4. The average Bonchev–Trinajstić information content (AvgIpc) is 2.93. The number of aromatic nitrogens is 1. The van der Waals surface area contributed by atoms with Crippen LogP contribution in [0.3, 0.4) is 0 Å². The Morgan fingerprint density at radius 1 is 1.39 bits per heavy atom. The van der Waals surface area contributed by atoms with E-state index in [-0.39, 0.29) is 17.3 Å². The molecule has 1 aromatic carbocycles. The predicted octanol–water partition coefficient (Wildman–Crippen LogP) is 2.53. The van der Waals surface area contributed by atoms with Crippen LogP contribution >= 0.6 is 23.1 Å². The molecule has 0 aliphatic heterocycles. The number of terminal acetylenes is 1. The second-order valence-corrected chi connectivity index (χ2v) is 6.04. The number of benzene rings is 1. The largest absolute Gasteiger partial charge is 0.451 e. The molecule has 1 unspecified atom stereocenters. The van der Waals surface area contributed by atoms with E-state index in [1.165, 1.54) is 16.9 Å². The van der Waals surface area contributed by atoms with Crippen molar-refractivity contribution in [1.82, 2.24) is 3.96 Å². The van der Waals surface area contributed by atoms with Crippen molar-refractivity contribution < 1.29 is 14.3 Å². The van der Waals surface area contributed by atoms with Crippen LogP contribution in [0.4, 0.5) is 0 Å². The van der Waals surface area contributed by atoms with Crippen LogP contribution in [0.15, 0.2) is 35.1 Å². The lowest BCUT2D eigenvalue weighted by Crippen LogP contribution is -2.24. The van der Waals surface area contributed by atoms with Crippen molar-refractivity contribution in [2.75, 3.05) is 6.61 Å². The van der Waals surface area contributed by atoms with E-state index in [4.69, 9.17) is 22.8 Å². The van der Waals surface area contributed by atoms with Crippen LogP contribution in [0.5, 0.6) is 0 Å². The van der Waals surface area contributed by atoms with Gasteiger partial charge in [0.25, 0.3) is 5.56 Å². The van der Waals surface area contributed by atoms with Gasteiger partial charge in [0.05, 0.1) is 4.88 Å². The fraction of sp³-hybridized carbons (Fsp3) is 0.188. The zero-order chi connectivity index (χ0) is 17.0. The molecule has 0 saturated heterocycles. The van der Waals surface area contributed by atoms with Crippen molar-refractivity contribution in [3.8, 4) is 12.3 Å². The molecule has 0 saturated carbocycles. The van der Waals surface area contributed by atoms with Crippen molar-refractivity contribution in [1.29, 1.82) is 0 Å². The highest BCUT2D eigenvalue weighted by Gasteiger charge is 2.22. The van der Waals surface area contributed by atoms with Gasteiger partial charge in [0, 0.05) is 16.7 Å². The van der Waals surface area contributed by atoms with E-state index in [0.29, 0.717) is 10.6 Å². The molecule has 1 aromatic heterocycles. The van der Waals surface area contributed by atoms with Crippen LogP contribution in [0, 0.1) is 12.3 Å². The fourth-order valence-corrected chi connectivity index (χ4v) is 2.88. The van der Waals surface area contributed by atoms with Crippen LogP contribution in [0.2, 0.25) is 5.02 Å². The molecule has 1 atom stereocenters. The Balaban J connectivity index is 2.25. The molecule has 7 heteroatoms. The summed E-state index contributed by atoms with van der Waals surface area (Å²) in [4.78, 5) is 36.4. The summed E-state index contributed by atoms with van der Waals surface area (Å²) in [6, 6.07) is 6.68. The van der Waals surface area contributed by atoms with E-state index < -0.39 is 17.6 Å². The molecule has 0 N–H and O–H groups in total. The van der Waals surface area contributed by atoms with Crippen molar-refractivity contribution in [3.05, 3.63) is 56.1 Å². The molecule has 23 heavy (non-hydrogen) atoms. The summed E-state index contributed by atoms with van der Waals surface area (Å²) in [5, 5.41) is 0.511. The molecule has 0 aliphatic rings. The number of halogens is 1. The topological polar surface area (TPSA) is 65.4 Å². The first kappa shape index (κ1) is 17.0. The third-order valence-corrected chi connectivity index (χ3v) is 4.43. The minimum atomic E-state index is -0.854. The molecule has 0 bridgehead atoms. The van der Waals surface area contributed by atoms with Gasteiger partial charge in [-0.25, -0.2) is 8.75 Å². The van der Waals surface area contributed by atoms with E-state index in [9.17, 15) is 14.4 Å². The number of nitrogens with zero attached hydrogens (tertiary/aromatic N) is 1. The maximum absolute atomic E-state index is 12.4. The van der Waals surface area contributed by atoms with Gasteiger partial charge in [-0.2, -0.15) is 0 Å². The zero-order valence-electron chi connectivity index (χ0n) is 12.1. The summed E-state index contributed by atoms with van der Waals surface area (Å²) in [5.74, 6) is 1.24. The average molecular weight is 350 g/mol. The molecule has 2 rings (SSSR count). The third-order valence-electron chi connectivity index (χ3n) is 2.99. The first-order valence-corrected chi connectivity index (χ1v) is 7.72. The Bertz CT molecular complexity index is 829. The molecule has 1 heterocycles. The Hall–Kier alpha value is -2.36. The fourth-order valence-electron chi connectivity index (χ4n) is 1.80. The molecule has 0 radical (unpaired) electrons. The van der Waals surface area contributed by atoms with Crippen molar-refractivity contribution in [3.63, 3.8) is 0 Å². The first-order valence-electron chi connectivity index (χ1n) is 6.57. The number of hydrogen-bond acceptors (Lipinski definition) is 5. The van der Waals surface area contributed by atoms with Crippen molar-refractivity contribution in [2.24, 2.45) is 0 Å². The van der Waals surface area contributed by atoms with Gasteiger partial charge in [0.15, 0.2) is 6.61 Å². The SMILES string of the molecule is C#CCOC(=O)C(C)n1sc(C(=O)c2ccc(Cl)cc2)cc1=O. The highest BCUT2D eigenvalue weighted by molar-refractivity contribution is 7.09. The molecule has 118 valence electrons. The van der Waals surface area contributed by atoms with Gasteiger partial charge in [-0.15, -0.1) is 6.42 Å². The van der Waals surface area contributed by atoms with Gasteiger partial charge < -0.3 is 4.74 Å². The number of ketones is 1. The zero-order valence-corrected chi connectivity index (χ0v) is 13.7. The van der Waals surface area contributed by atoms with Crippen LogP contribution < -0.4 is 5.56 Å². The van der Waals surface area contributed by atoms with Crippen LogP contribution in [-0.2, 0) is 9.53 Å². The van der Waals surface area contributed by atoms with Crippen LogP contribution in [-0.4, -0.2) is 22.3 Å². The summed E-state index contributed by atoms with van der Waals surface area (Å²) in [6.07, 6.45) is 5.02. The highest BCUT2D eigenvalue weighted by atomic mass is 35.5. The van der Waals surface area contributed by atoms with E-state index in [2.05, 4.69) is 5.92 Å². The van der Waals surface area contributed by atoms with Gasteiger partial charge in [0.2, 0.25) is 5.78 Å². The number of esters is 1.